The molecule has 0 saturated carbocycles. The number of fused-ring (bicyclic) bond motifs is 1. The topological polar surface area (TPSA) is 98.8 Å². The van der Waals surface area contributed by atoms with E-state index >= 15 is 0 Å². The maximum atomic E-state index is 12.6. The highest BCUT2D eigenvalue weighted by atomic mass is 16.6. The van der Waals surface area contributed by atoms with Crippen molar-refractivity contribution in [2.45, 2.75) is 51.9 Å². The van der Waals surface area contributed by atoms with Crippen molar-refractivity contribution in [3.8, 4) is 5.75 Å². The number of benzene rings is 1. The van der Waals surface area contributed by atoms with Crippen molar-refractivity contribution in [2.24, 2.45) is 10.7 Å². The zero-order valence-electron chi connectivity index (χ0n) is 16.8. The lowest BCUT2D eigenvalue weighted by Gasteiger charge is -2.33. The SMILES string of the molecule is CC1Oc2ccc(C(C)(NC(=O)OC(C)(C)C)c3cccnc3)cc2N=C1N. The molecule has 0 radical (unpaired) electrons. The average Bonchev–Trinajstić information content (AvgIpc) is 2.61. The Morgan fingerprint density at radius 1 is 1.21 bits per heavy atom. The number of pyridine rings is 1. The summed E-state index contributed by atoms with van der Waals surface area (Å²) in [5.41, 5.74) is 6.67. The van der Waals surface area contributed by atoms with Crippen LogP contribution in [-0.2, 0) is 10.3 Å². The fourth-order valence-corrected chi connectivity index (χ4v) is 2.97. The lowest BCUT2D eigenvalue weighted by Crippen LogP contribution is -2.46. The molecule has 1 aromatic carbocycles. The first kappa shape index (κ1) is 19.7. The van der Waals surface area contributed by atoms with Gasteiger partial charge in [-0.2, -0.15) is 0 Å². The van der Waals surface area contributed by atoms with E-state index in [1.165, 1.54) is 0 Å². The van der Waals surface area contributed by atoms with Crippen LogP contribution in [-0.4, -0.2) is 28.6 Å². The summed E-state index contributed by atoms with van der Waals surface area (Å²) in [6, 6.07) is 9.32. The zero-order chi connectivity index (χ0) is 20.5. The molecule has 0 fully saturated rings. The number of aromatic nitrogens is 1. The van der Waals surface area contributed by atoms with Crippen LogP contribution in [0.1, 0.15) is 45.7 Å². The summed E-state index contributed by atoms with van der Waals surface area (Å²) in [4.78, 5) is 21.2. The molecule has 3 rings (SSSR count). The van der Waals surface area contributed by atoms with Crippen LogP contribution in [0.25, 0.3) is 0 Å². The monoisotopic (exact) mass is 382 g/mol. The number of alkyl carbamates (subject to hydrolysis) is 1. The highest BCUT2D eigenvalue weighted by Crippen LogP contribution is 2.38. The van der Waals surface area contributed by atoms with E-state index in [0.29, 0.717) is 17.3 Å². The van der Waals surface area contributed by atoms with Crippen LogP contribution < -0.4 is 15.8 Å². The molecule has 2 unspecified atom stereocenters. The van der Waals surface area contributed by atoms with Gasteiger partial charge >= 0.3 is 6.09 Å². The smallest absolute Gasteiger partial charge is 0.408 e. The van der Waals surface area contributed by atoms with Gasteiger partial charge in [-0.05, 0) is 58.4 Å². The molecule has 2 atom stereocenters. The van der Waals surface area contributed by atoms with Crippen LogP contribution in [0.3, 0.4) is 0 Å². The van der Waals surface area contributed by atoms with Crippen molar-refractivity contribution in [1.29, 1.82) is 0 Å². The first-order valence-electron chi connectivity index (χ1n) is 9.15. The van der Waals surface area contributed by atoms with Crippen LogP contribution in [0.15, 0.2) is 47.7 Å². The first-order chi connectivity index (χ1) is 13.1. The molecular formula is C21H26N4O3. The Morgan fingerprint density at radius 2 is 1.96 bits per heavy atom. The molecule has 28 heavy (non-hydrogen) atoms. The second kappa shape index (κ2) is 7.14. The Balaban J connectivity index is 2.04. The van der Waals surface area contributed by atoms with Gasteiger partial charge in [0.05, 0.1) is 5.54 Å². The van der Waals surface area contributed by atoms with Crippen molar-refractivity contribution >= 4 is 17.6 Å². The van der Waals surface area contributed by atoms with E-state index in [1.807, 2.05) is 65.0 Å². The van der Waals surface area contributed by atoms with Crippen LogP contribution in [0.2, 0.25) is 0 Å². The maximum Gasteiger partial charge on any atom is 0.408 e. The van der Waals surface area contributed by atoms with E-state index in [2.05, 4.69) is 15.3 Å². The molecule has 0 bridgehead atoms. The molecule has 0 aliphatic carbocycles. The molecule has 1 aliphatic rings. The molecule has 0 spiro atoms. The zero-order valence-corrected chi connectivity index (χ0v) is 16.8. The third-order valence-corrected chi connectivity index (χ3v) is 4.50. The van der Waals surface area contributed by atoms with E-state index in [-0.39, 0.29) is 6.10 Å². The Morgan fingerprint density at radius 3 is 2.61 bits per heavy atom. The van der Waals surface area contributed by atoms with E-state index in [0.717, 1.165) is 11.1 Å². The van der Waals surface area contributed by atoms with Gasteiger partial charge < -0.3 is 20.5 Å². The van der Waals surface area contributed by atoms with Crippen molar-refractivity contribution in [1.82, 2.24) is 10.3 Å². The number of amidine groups is 1. The van der Waals surface area contributed by atoms with E-state index in [4.69, 9.17) is 15.2 Å². The van der Waals surface area contributed by atoms with Gasteiger partial charge in [0.2, 0.25) is 0 Å². The molecule has 148 valence electrons. The summed E-state index contributed by atoms with van der Waals surface area (Å²) in [5.74, 6) is 1.06. The molecule has 7 nitrogen and oxygen atoms in total. The van der Waals surface area contributed by atoms with Crippen molar-refractivity contribution in [3.63, 3.8) is 0 Å². The summed E-state index contributed by atoms with van der Waals surface area (Å²) < 4.78 is 11.3. The second-order valence-corrected chi connectivity index (χ2v) is 7.97. The Kier molecular flexibility index (Phi) is 5.02. The van der Waals surface area contributed by atoms with Crippen molar-refractivity contribution in [3.05, 3.63) is 53.9 Å². The highest BCUT2D eigenvalue weighted by Gasteiger charge is 2.34. The minimum atomic E-state index is -0.890. The maximum absolute atomic E-state index is 12.6. The van der Waals surface area contributed by atoms with Gasteiger partial charge in [0.1, 0.15) is 22.9 Å². The van der Waals surface area contributed by atoms with E-state index in [9.17, 15) is 4.79 Å². The van der Waals surface area contributed by atoms with Crippen LogP contribution in [0, 0.1) is 0 Å². The summed E-state index contributed by atoms with van der Waals surface area (Å²) >= 11 is 0. The molecule has 7 heteroatoms. The molecule has 1 aliphatic heterocycles. The molecule has 1 aromatic heterocycles. The number of ether oxygens (including phenoxy) is 2. The average molecular weight is 382 g/mol. The number of hydrogen-bond acceptors (Lipinski definition) is 6. The lowest BCUT2D eigenvalue weighted by molar-refractivity contribution is 0.0479. The fourth-order valence-electron chi connectivity index (χ4n) is 2.97. The second-order valence-electron chi connectivity index (χ2n) is 7.97. The summed E-state index contributed by atoms with van der Waals surface area (Å²) in [5, 5.41) is 2.99. The predicted octanol–water partition coefficient (Wildman–Crippen LogP) is 3.64. The minimum absolute atomic E-state index is 0.275. The van der Waals surface area contributed by atoms with Gasteiger partial charge in [-0.25, -0.2) is 9.79 Å². The quantitative estimate of drug-likeness (QED) is 0.844. The van der Waals surface area contributed by atoms with Crippen LogP contribution >= 0.6 is 0 Å². The summed E-state index contributed by atoms with van der Waals surface area (Å²) in [7, 11) is 0. The number of aliphatic imine (C=N–C) groups is 1. The number of rotatable bonds is 3. The van der Waals surface area contributed by atoms with Crippen molar-refractivity contribution < 1.29 is 14.3 Å². The fraction of sp³-hybridized carbons (Fsp3) is 0.381. The third kappa shape index (κ3) is 4.08. The number of hydrogen-bond donors (Lipinski definition) is 2. The van der Waals surface area contributed by atoms with Gasteiger partial charge in [-0.1, -0.05) is 12.1 Å². The Labute approximate surface area is 165 Å². The van der Waals surface area contributed by atoms with Gasteiger partial charge in [0.15, 0.2) is 6.10 Å². The van der Waals surface area contributed by atoms with Gasteiger partial charge in [-0.15, -0.1) is 0 Å². The number of amides is 1. The van der Waals surface area contributed by atoms with E-state index in [1.54, 1.807) is 12.4 Å². The Bertz CT molecular complexity index is 906. The molecule has 3 N–H and O–H groups in total. The number of carbonyl (C=O) groups is 1. The first-order valence-corrected chi connectivity index (χ1v) is 9.15. The summed E-state index contributed by atoms with van der Waals surface area (Å²) in [6.07, 6.45) is 2.60. The molecule has 0 saturated heterocycles. The largest absolute Gasteiger partial charge is 0.481 e. The van der Waals surface area contributed by atoms with Crippen LogP contribution in [0.4, 0.5) is 10.5 Å². The number of nitrogens with zero attached hydrogens (tertiary/aromatic N) is 2. The standard InChI is InChI=1S/C21H26N4O3/c1-13-18(22)24-16-11-14(8-9-17(16)27-13)21(5,15-7-6-10-23-12-15)25-19(26)28-20(2,3)4/h6-13H,1-5H3,(H2,22,24)(H,25,26). The summed E-state index contributed by atoms with van der Waals surface area (Å²) in [6.45, 7) is 9.21. The molecule has 2 aromatic rings. The molecule has 2 heterocycles. The van der Waals surface area contributed by atoms with Crippen LogP contribution in [0.5, 0.6) is 5.75 Å². The lowest BCUT2D eigenvalue weighted by atomic mass is 9.85. The minimum Gasteiger partial charge on any atom is -0.481 e. The highest BCUT2D eigenvalue weighted by molar-refractivity contribution is 5.89. The predicted molar refractivity (Wildman–Crippen MR) is 108 cm³/mol. The van der Waals surface area contributed by atoms with E-state index < -0.39 is 17.2 Å². The number of nitrogens with one attached hydrogen (secondary N) is 1. The van der Waals surface area contributed by atoms with Gasteiger partial charge in [0, 0.05) is 18.0 Å². The number of nitrogens with two attached hydrogens (primary N) is 1. The van der Waals surface area contributed by atoms with Crippen molar-refractivity contribution in [2.75, 3.05) is 0 Å². The Hall–Kier alpha value is -3.09. The number of carbonyl (C=O) groups excluding carboxylic acids is 1. The molecule has 1 amide bonds. The van der Waals surface area contributed by atoms with Gasteiger partial charge in [-0.3, -0.25) is 4.98 Å². The molecular weight excluding hydrogens is 356 g/mol. The third-order valence-electron chi connectivity index (χ3n) is 4.50. The van der Waals surface area contributed by atoms with Gasteiger partial charge in [0.25, 0.3) is 0 Å². The normalized spacial score (nSPS) is 18.2.